The number of aliphatic carboxylic acids is 1. The van der Waals surface area contributed by atoms with E-state index in [9.17, 15) is 4.79 Å². The Morgan fingerprint density at radius 1 is 1.80 bits per heavy atom. The molecule has 0 fully saturated rings. The first-order valence-electron chi connectivity index (χ1n) is 4.51. The highest BCUT2D eigenvalue weighted by molar-refractivity contribution is 5.73. The second kappa shape index (κ2) is 5.47. The minimum atomic E-state index is -0.951. The highest BCUT2D eigenvalue weighted by Gasteiger charge is 2.16. The van der Waals surface area contributed by atoms with E-state index in [1.807, 2.05) is 0 Å². The number of carboxylic acids is 1. The third kappa shape index (κ3) is 3.69. The van der Waals surface area contributed by atoms with Gasteiger partial charge in [-0.25, -0.2) is 0 Å². The van der Waals surface area contributed by atoms with Crippen LogP contribution in [-0.2, 0) is 16.1 Å². The van der Waals surface area contributed by atoms with Crippen molar-refractivity contribution in [2.75, 3.05) is 13.7 Å². The van der Waals surface area contributed by atoms with Crippen LogP contribution in [0.3, 0.4) is 0 Å². The lowest BCUT2D eigenvalue weighted by molar-refractivity contribution is -0.140. The lowest BCUT2D eigenvalue weighted by Crippen LogP contribution is -2.39. The van der Waals surface area contributed by atoms with Gasteiger partial charge in [0.05, 0.1) is 18.8 Å². The molecule has 1 aromatic rings. The average Bonchev–Trinajstić information content (AvgIpc) is 2.58. The highest BCUT2D eigenvalue weighted by atomic mass is 16.5. The smallest absolute Gasteiger partial charge is 0.323 e. The molecule has 15 heavy (non-hydrogen) atoms. The van der Waals surface area contributed by atoms with Crippen molar-refractivity contribution in [2.45, 2.75) is 19.5 Å². The summed E-state index contributed by atoms with van der Waals surface area (Å²) < 4.78 is 9.70. The summed E-state index contributed by atoms with van der Waals surface area (Å²) in [7, 11) is 1.45. The van der Waals surface area contributed by atoms with Crippen LogP contribution in [0.25, 0.3) is 0 Å². The monoisotopic (exact) mass is 214 g/mol. The molecule has 0 aliphatic heterocycles. The topological polar surface area (TPSA) is 84.6 Å². The van der Waals surface area contributed by atoms with Crippen molar-refractivity contribution < 1.29 is 19.2 Å². The number of methoxy groups -OCH3 is 1. The normalized spacial score (nSPS) is 12.7. The van der Waals surface area contributed by atoms with E-state index < -0.39 is 12.0 Å². The molecule has 1 aromatic heterocycles. The maximum atomic E-state index is 10.7. The predicted octanol–water partition coefficient (Wildman–Crippen LogP) is 0.172. The van der Waals surface area contributed by atoms with Gasteiger partial charge in [0, 0.05) is 13.2 Å². The van der Waals surface area contributed by atoms with Crippen LogP contribution >= 0.6 is 0 Å². The molecular formula is C9H14N2O4. The van der Waals surface area contributed by atoms with Crippen LogP contribution in [0.4, 0.5) is 0 Å². The van der Waals surface area contributed by atoms with Gasteiger partial charge in [0.2, 0.25) is 0 Å². The summed E-state index contributed by atoms with van der Waals surface area (Å²) in [4.78, 5) is 10.7. The molecule has 1 atom stereocenters. The van der Waals surface area contributed by atoms with Gasteiger partial charge in [0.25, 0.3) is 0 Å². The van der Waals surface area contributed by atoms with E-state index in [1.54, 1.807) is 13.0 Å². The number of carbonyl (C=O) groups is 1. The van der Waals surface area contributed by atoms with Crippen molar-refractivity contribution in [3.05, 3.63) is 17.5 Å². The summed E-state index contributed by atoms with van der Waals surface area (Å²) in [5.74, 6) is -0.344. The number of ether oxygens (including phenoxy) is 1. The SMILES string of the molecule is COCC(NCc1cc(C)no1)C(=O)O. The Hall–Kier alpha value is -1.40. The summed E-state index contributed by atoms with van der Waals surface area (Å²) in [5.41, 5.74) is 0.769. The molecular weight excluding hydrogens is 200 g/mol. The molecule has 2 N–H and O–H groups in total. The fourth-order valence-corrected chi connectivity index (χ4v) is 1.11. The van der Waals surface area contributed by atoms with Crippen LogP contribution in [-0.4, -0.2) is 36.0 Å². The average molecular weight is 214 g/mol. The maximum Gasteiger partial charge on any atom is 0.323 e. The van der Waals surface area contributed by atoms with Gasteiger partial charge < -0.3 is 14.4 Å². The summed E-state index contributed by atoms with van der Waals surface area (Å²) in [5, 5.41) is 15.3. The standard InChI is InChI=1S/C9H14N2O4/c1-6-3-7(15-11-6)4-10-8(5-14-2)9(12)13/h3,8,10H,4-5H2,1-2H3,(H,12,13). The third-order valence-electron chi connectivity index (χ3n) is 1.83. The molecule has 0 spiro atoms. The highest BCUT2D eigenvalue weighted by Crippen LogP contribution is 2.01. The zero-order chi connectivity index (χ0) is 11.3. The Morgan fingerprint density at radius 2 is 2.53 bits per heavy atom. The van der Waals surface area contributed by atoms with Gasteiger partial charge >= 0.3 is 5.97 Å². The molecule has 6 nitrogen and oxygen atoms in total. The molecule has 0 saturated heterocycles. The fourth-order valence-electron chi connectivity index (χ4n) is 1.11. The Kier molecular flexibility index (Phi) is 4.26. The van der Waals surface area contributed by atoms with Gasteiger partial charge in [-0.15, -0.1) is 0 Å². The Labute approximate surface area is 87.2 Å². The molecule has 1 heterocycles. The summed E-state index contributed by atoms with van der Waals surface area (Å²) in [6.07, 6.45) is 0. The van der Waals surface area contributed by atoms with Gasteiger partial charge in [0.1, 0.15) is 6.04 Å². The molecule has 1 unspecified atom stereocenters. The van der Waals surface area contributed by atoms with Crippen LogP contribution in [0.2, 0.25) is 0 Å². The van der Waals surface area contributed by atoms with Crippen molar-refractivity contribution >= 4 is 5.97 Å². The molecule has 0 aromatic carbocycles. The zero-order valence-corrected chi connectivity index (χ0v) is 8.69. The van der Waals surface area contributed by atoms with Crippen LogP contribution in [0.1, 0.15) is 11.5 Å². The second-order valence-corrected chi connectivity index (χ2v) is 3.16. The molecule has 0 bridgehead atoms. The summed E-state index contributed by atoms with van der Waals surface area (Å²) in [6.45, 7) is 2.24. The first kappa shape index (κ1) is 11.7. The Morgan fingerprint density at radius 3 is 3.00 bits per heavy atom. The van der Waals surface area contributed by atoms with E-state index in [2.05, 4.69) is 10.5 Å². The van der Waals surface area contributed by atoms with E-state index in [0.29, 0.717) is 12.3 Å². The van der Waals surface area contributed by atoms with E-state index in [4.69, 9.17) is 14.4 Å². The van der Waals surface area contributed by atoms with Crippen LogP contribution in [0, 0.1) is 6.92 Å². The van der Waals surface area contributed by atoms with Crippen molar-refractivity contribution in [1.82, 2.24) is 10.5 Å². The Bertz CT molecular complexity index is 324. The fraction of sp³-hybridized carbons (Fsp3) is 0.556. The number of hydrogen-bond acceptors (Lipinski definition) is 5. The lowest BCUT2D eigenvalue weighted by Gasteiger charge is -2.11. The maximum absolute atomic E-state index is 10.7. The van der Waals surface area contributed by atoms with Crippen LogP contribution in [0.15, 0.2) is 10.6 Å². The number of hydrogen-bond donors (Lipinski definition) is 2. The van der Waals surface area contributed by atoms with E-state index in [0.717, 1.165) is 5.69 Å². The van der Waals surface area contributed by atoms with Crippen LogP contribution < -0.4 is 5.32 Å². The van der Waals surface area contributed by atoms with Gasteiger partial charge in [-0.3, -0.25) is 10.1 Å². The molecule has 0 aliphatic carbocycles. The van der Waals surface area contributed by atoms with Gasteiger partial charge in [-0.1, -0.05) is 5.16 Å². The van der Waals surface area contributed by atoms with Gasteiger partial charge in [-0.2, -0.15) is 0 Å². The molecule has 84 valence electrons. The summed E-state index contributed by atoms with van der Waals surface area (Å²) in [6, 6.07) is 1.01. The number of aryl methyl sites for hydroxylation is 1. The quantitative estimate of drug-likeness (QED) is 0.702. The molecule has 0 radical (unpaired) electrons. The number of nitrogens with one attached hydrogen (secondary N) is 1. The number of aromatic nitrogens is 1. The summed E-state index contributed by atoms with van der Waals surface area (Å²) >= 11 is 0. The second-order valence-electron chi connectivity index (χ2n) is 3.16. The largest absolute Gasteiger partial charge is 0.480 e. The minimum Gasteiger partial charge on any atom is -0.480 e. The first-order valence-corrected chi connectivity index (χ1v) is 4.51. The van der Waals surface area contributed by atoms with Crippen molar-refractivity contribution in [2.24, 2.45) is 0 Å². The predicted molar refractivity (Wildman–Crippen MR) is 51.4 cm³/mol. The third-order valence-corrected chi connectivity index (χ3v) is 1.83. The molecule has 0 aliphatic rings. The van der Waals surface area contributed by atoms with E-state index in [-0.39, 0.29) is 6.61 Å². The molecule has 0 amide bonds. The zero-order valence-electron chi connectivity index (χ0n) is 8.69. The van der Waals surface area contributed by atoms with Gasteiger partial charge in [0.15, 0.2) is 5.76 Å². The van der Waals surface area contributed by atoms with Crippen LogP contribution in [0.5, 0.6) is 0 Å². The lowest BCUT2D eigenvalue weighted by atomic mass is 10.3. The number of nitrogens with zero attached hydrogens (tertiary/aromatic N) is 1. The molecule has 6 heteroatoms. The first-order chi connectivity index (χ1) is 7.13. The number of carboxylic acid groups (broad SMARTS) is 1. The van der Waals surface area contributed by atoms with E-state index in [1.165, 1.54) is 7.11 Å². The van der Waals surface area contributed by atoms with E-state index >= 15 is 0 Å². The van der Waals surface area contributed by atoms with Crippen molar-refractivity contribution in [3.8, 4) is 0 Å². The van der Waals surface area contributed by atoms with Gasteiger partial charge in [-0.05, 0) is 6.92 Å². The molecule has 0 saturated carbocycles. The van der Waals surface area contributed by atoms with Crippen molar-refractivity contribution in [3.63, 3.8) is 0 Å². The Balaban J connectivity index is 2.43. The number of rotatable bonds is 6. The van der Waals surface area contributed by atoms with Crippen molar-refractivity contribution in [1.29, 1.82) is 0 Å². The molecule has 1 rings (SSSR count). The minimum absolute atomic E-state index is 0.114.